The molecule has 45 heavy (non-hydrogen) atoms. The zero-order valence-corrected chi connectivity index (χ0v) is 24.3. The topological polar surface area (TPSA) is 14.3 Å². The average Bonchev–Trinajstić information content (AvgIpc) is 3.81. The van der Waals surface area contributed by atoms with E-state index in [0.717, 1.165) is 0 Å². The van der Waals surface area contributed by atoms with E-state index in [4.69, 9.17) is 0 Å². The minimum absolute atomic E-state index is 1.18. The fraction of sp³-hybridized carbons (Fsp3) is 0. The maximum Gasteiger partial charge on any atom is 0.0620 e. The molecule has 3 heteroatoms. The van der Waals surface area contributed by atoms with Gasteiger partial charge in [-0.1, -0.05) is 91.0 Å². The Bertz CT molecular complexity index is 2760. The molecular formula is C42H25N3. The summed E-state index contributed by atoms with van der Waals surface area (Å²) in [5.41, 5.74) is 11.0. The minimum atomic E-state index is 1.18. The molecule has 0 bridgehead atoms. The lowest BCUT2D eigenvalue weighted by Gasteiger charge is -2.08. The Kier molecular flexibility index (Phi) is 4.32. The van der Waals surface area contributed by atoms with Crippen LogP contribution in [-0.4, -0.2) is 13.5 Å². The summed E-state index contributed by atoms with van der Waals surface area (Å²) in [6, 6.07) is 55.6. The van der Waals surface area contributed by atoms with Crippen LogP contribution < -0.4 is 0 Å². The Morgan fingerprint density at radius 1 is 0.267 bits per heavy atom. The van der Waals surface area contributed by atoms with Crippen molar-refractivity contribution >= 4 is 81.7 Å². The third-order valence-electron chi connectivity index (χ3n) is 9.93. The highest BCUT2D eigenvalue weighted by Crippen LogP contribution is 2.44. The summed E-state index contributed by atoms with van der Waals surface area (Å²) in [4.78, 5) is 0. The molecule has 0 aliphatic rings. The second kappa shape index (κ2) is 8.31. The molecule has 0 atom stereocenters. The predicted molar refractivity (Wildman–Crippen MR) is 190 cm³/mol. The molecule has 0 amide bonds. The monoisotopic (exact) mass is 571 g/mol. The van der Waals surface area contributed by atoms with Crippen molar-refractivity contribution in [3.05, 3.63) is 152 Å². The van der Waals surface area contributed by atoms with E-state index in [-0.39, 0.29) is 0 Å². The molecule has 0 unspecified atom stereocenters. The number of para-hydroxylation sites is 5. The van der Waals surface area contributed by atoms with Crippen LogP contribution in [0.3, 0.4) is 0 Å². The number of fused-ring (bicyclic) bond motifs is 12. The van der Waals surface area contributed by atoms with Gasteiger partial charge in [-0.05, 0) is 60.7 Å². The molecule has 4 aromatic heterocycles. The molecular weight excluding hydrogens is 546 g/mol. The van der Waals surface area contributed by atoms with E-state index in [0.29, 0.717) is 0 Å². The summed E-state index contributed by atoms with van der Waals surface area (Å²) in [6.45, 7) is 0. The molecule has 0 radical (unpaired) electrons. The first-order chi connectivity index (χ1) is 22.3. The first-order valence-corrected chi connectivity index (χ1v) is 15.5. The highest BCUT2D eigenvalue weighted by atomic mass is 15.0. The number of nitrogens with zero attached hydrogens (tertiary/aromatic N) is 3. The summed E-state index contributed by atoms with van der Waals surface area (Å²) in [7, 11) is 0. The van der Waals surface area contributed by atoms with Crippen molar-refractivity contribution in [2.45, 2.75) is 0 Å². The van der Waals surface area contributed by atoms with E-state index >= 15 is 0 Å². The maximum atomic E-state index is 2.52. The summed E-state index contributed by atoms with van der Waals surface area (Å²) in [5, 5.41) is 10.3. The van der Waals surface area contributed by atoms with Crippen molar-refractivity contribution in [1.82, 2.24) is 13.5 Å². The first kappa shape index (κ1) is 23.4. The van der Waals surface area contributed by atoms with E-state index in [1.54, 1.807) is 0 Å². The van der Waals surface area contributed by atoms with Gasteiger partial charge in [-0.2, -0.15) is 0 Å². The van der Waals surface area contributed by atoms with Gasteiger partial charge in [0.15, 0.2) is 0 Å². The number of hydrogen-bond donors (Lipinski definition) is 0. The Morgan fingerprint density at radius 2 is 0.667 bits per heavy atom. The summed E-state index contributed by atoms with van der Waals surface area (Å²) < 4.78 is 7.36. The first-order valence-electron chi connectivity index (χ1n) is 15.5. The third-order valence-corrected chi connectivity index (χ3v) is 9.93. The van der Waals surface area contributed by atoms with Crippen LogP contribution >= 0.6 is 0 Å². The van der Waals surface area contributed by atoms with Gasteiger partial charge in [0.2, 0.25) is 0 Å². The van der Waals surface area contributed by atoms with Crippen molar-refractivity contribution < 1.29 is 0 Å². The summed E-state index contributed by atoms with van der Waals surface area (Å²) in [5.74, 6) is 0. The Labute approximate surface area is 257 Å². The van der Waals surface area contributed by atoms with Crippen LogP contribution in [0.5, 0.6) is 0 Å². The summed E-state index contributed by atoms with van der Waals surface area (Å²) in [6.07, 6.45) is 0. The smallest absolute Gasteiger partial charge is 0.0620 e. The Hall–Kier alpha value is -6.06. The van der Waals surface area contributed by atoms with Crippen molar-refractivity contribution in [1.29, 1.82) is 0 Å². The van der Waals surface area contributed by atoms with Crippen molar-refractivity contribution in [3.8, 4) is 11.4 Å². The van der Waals surface area contributed by atoms with Crippen LogP contribution in [0.15, 0.2) is 152 Å². The highest BCUT2D eigenvalue weighted by molar-refractivity contribution is 6.28. The Morgan fingerprint density at radius 3 is 1.16 bits per heavy atom. The SMILES string of the molecule is c1ccc(-n2c3ccccc3c3cc4c5cccc6c7cc8c9ccccc9n(-c9ccccc9)c8cc7n(c4cc32)c56)cc1. The van der Waals surface area contributed by atoms with E-state index in [1.165, 1.54) is 93.1 Å². The van der Waals surface area contributed by atoms with Crippen LogP contribution in [-0.2, 0) is 0 Å². The molecule has 0 saturated heterocycles. The lowest BCUT2D eigenvalue weighted by Crippen LogP contribution is -1.94. The molecule has 11 aromatic rings. The van der Waals surface area contributed by atoms with Gasteiger partial charge in [-0.3, -0.25) is 0 Å². The predicted octanol–water partition coefficient (Wildman–Crippen LogP) is 11.0. The average molecular weight is 572 g/mol. The van der Waals surface area contributed by atoms with Gasteiger partial charge < -0.3 is 13.5 Å². The molecule has 0 fully saturated rings. The lowest BCUT2D eigenvalue weighted by molar-refractivity contribution is 1.18. The van der Waals surface area contributed by atoms with Crippen LogP contribution in [0.2, 0.25) is 0 Å². The van der Waals surface area contributed by atoms with Gasteiger partial charge in [0.25, 0.3) is 0 Å². The number of rotatable bonds is 2. The molecule has 11 rings (SSSR count). The van der Waals surface area contributed by atoms with Crippen LogP contribution in [0, 0.1) is 0 Å². The normalized spacial score (nSPS) is 12.4. The molecule has 0 saturated carbocycles. The maximum absolute atomic E-state index is 2.52. The van der Waals surface area contributed by atoms with Crippen LogP contribution in [0.25, 0.3) is 93.1 Å². The van der Waals surface area contributed by atoms with Gasteiger partial charge >= 0.3 is 0 Å². The Balaban J connectivity index is 1.35. The van der Waals surface area contributed by atoms with Crippen molar-refractivity contribution in [2.24, 2.45) is 0 Å². The molecule has 208 valence electrons. The lowest BCUT2D eigenvalue weighted by atomic mass is 10.0. The van der Waals surface area contributed by atoms with Crippen LogP contribution in [0.1, 0.15) is 0 Å². The van der Waals surface area contributed by atoms with E-state index < -0.39 is 0 Å². The van der Waals surface area contributed by atoms with E-state index in [2.05, 4.69) is 165 Å². The number of aromatic nitrogens is 3. The molecule has 4 heterocycles. The molecule has 0 aliphatic heterocycles. The molecule has 0 N–H and O–H groups in total. The standard InChI is InChI=1S/C42H25N3/c1-3-12-26(13-4-1)43-36-20-9-7-16-28(36)32-22-34-30-18-11-19-31-35-23-33-29-17-8-10-21-37(29)44(27-14-5-2-6-15-27)39(33)25-41(35)45(42(30)31)40(34)24-38(32)43/h1-25H. The minimum Gasteiger partial charge on any atom is -0.309 e. The zero-order chi connectivity index (χ0) is 29.2. The quantitative estimate of drug-likeness (QED) is 0.196. The second-order valence-corrected chi connectivity index (χ2v) is 12.2. The highest BCUT2D eigenvalue weighted by Gasteiger charge is 2.22. The molecule has 3 nitrogen and oxygen atoms in total. The van der Waals surface area contributed by atoms with Gasteiger partial charge in [0, 0.05) is 54.5 Å². The largest absolute Gasteiger partial charge is 0.309 e. The van der Waals surface area contributed by atoms with E-state index in [1.807, 2.05) is 0 Å². The van der Waals surface area contributed by atoms with Crippen molar-refractivity contribution in [2.75, 3.05) is 0 Å². The fourth-order valence-corrected chi connectivity index (χ4v) is 8.11. The molecule has 0 aliphatic carbocycles. The third kappa shape index (κ3) is 2.90. The van der Waals surface area contributed by atoms with Gasteiger partial charge in [-0.15, -0.1) is 0 Å². The van der Waals surface area contributed by atoms with Crippen molar-refractivity contribution in [3.63, 3.8) is 0 Å². The number of benzene rings is 7. The van der Waals surface area contributed by atoms with Gasteiger partial charge in [0.05, 0.1) is 38.6 Å². The fourth-order valence-electron chi connectivity index (χ4n) is 8.11. The van der Waals surface area contributed by atoms with Crippen LogP contribution in [0.4, 0.5) is 0 Å². The van der Waals surface area contributed by atoms with Gasteiger partial charge in [0.1, 0.15) is 0 Å². The van der Waals surface area contributed by atoms with E-state index in [9.17, 15) is 0 Å². The van der Waals surface area contributed by atoms with Gasteiger partial charge in [-0.25, -0.2) is 0 Å². The summed E-state index contributed by atoms with van der Waals surface area (Å²) >= 11 is 0. The second-order valence-electron chi connectivity index (χ2n) is 12.2. The zero-order valence-electron chi connectivity index (χ0n) is 24.3. The number of hydrogen-bond acceptors (Lipinski definition) is 0. The molecule has 0 spiro atoms. The molecule has 7 aromatic carbocycles.